The monoisotopic (exact) mass is 138 g/mol. The van der Waals surface area contributed by atoms with E-state index in [4.69, 9.17) is 0 Å². The second-order valence-electron chi connectivity index (χ2n) is 2.27. The Kier molecular flexibility index (Phi) is 1.07. The van der Waals surface area contributed by atoms with Gasteiger partial charge in [-0.3, -0.25) is 5.32 Å². The second kappa shape index (κ2) is 1.91. The van der Waals surface area contributed by atoms with Crippen molar-refractivity contribution in [1.82, 2.24) is 10.2 Å². The van der Waals surface area contributed by atoms with Crippen molar-refractivity contribution in [3.8, 4) is 0 Å². The van der Waals surface area contributed by atoms with E-state index in [1.807, 2.05) is 11.0 Å². The molecule has 2 aliphatic heterocycles. The van der Waals surface area contributed by atoms with Crippen LogP contribution in [-0.4, -0.2) is 22.9 Å². The summed E-state index contributed by atoms with van der Waals surface area (Å²) in [7, 11) is 0. The smallest absolute Gasteiger partial charge is 0.277 e. The van der Waals surface area contributed by atoms with E-state index in [1.165, 1.54) is 6.20 Å². The first-order chi connectivity index (χ1) is 4.88. The van der Waals surface area contributed by atoms with Gasteiger partial charge in [-0.15, -0.1) is 0 Å². The SMILES string of the molecule is O=[N+]1C=CN2CNCC=C21. The third kappa shape index (κ3) is 0.657. The van der Waals surface area contributed by atoms with Crippen molar-refractivity contribution < 1.29 is 4.76 Å². The Morgan fingerprint density at radius 3 is 3.40 bits per heavy atom. The van der Waals surface area contributed by atoms with Crippen molar-refractivity contribution in [2.75, 3.05) is 13.2 Å². The van der Waals surface area contributed by atoms with Gasteiger partial charge in [-0.05, 0) is 0 Å². The third-order valence-electron chi connectivity index (χ3n) is 1.61. The molecule has 0 bridgehead atoms. The molecule has 0 amide bonds. The molecular formula is C6H8N3O+. The fourth-order valence-corrected chi connectivity index (χ4v) is 1.11. The minimum atomic E-state index is 0.735. The highest BCUT2D eigenvalue weighted by atomic mass is 16.3. The number of nitrogens with zero attached hydrogens (tertiary/aromatic N) is 2. The summed E-state index contributed by atoms with van der Waals surface area (Å²) in [5.74, 6) is 0.735. The molecule has 0 radical (unpaired) electrons. The Balaban J connectivity index is 2.34. The molecule has 0 unspecified atom stereocenters. The average molecular weight is 138 g/mol. The van der Waals surface area contributed by atoms with Crippen LogP contribution in [0.5, 0.6) is 0 Å². The van der Waals surface area contributed by atoms with E-state index in [0.29, 0.717) is 0 Å². The van der Waals surface area contributed by atoms with Crippen LogP contribution in [0, 0.1) is 4.91 Å². The third-order valence-corrected chi connectivity index (χ3v) is 1.61. The standard InChI is InChI=1S/C6H8N3O/c10-9-4-3-8-5-7-2-1-6(8)9/h1,3-4,7H,2,5H2/q+1. The summed E-state index contributed by atoms with van der Waals surface area (Å²) >= 11 is 0. The van der Waals surface area contributed by atoms with Crippen molar-refractivity contribution in [1.29, 1.82) is 0 Å². The lowest BCUT2D eigenvalue weighted by molar-refractivity contribution is -0.430. The molecule has 1 N–H and O–H groups in total. The van der Waals surface area contributed by atoms with Crippen LogP contribution < -0.4 is 5.32 Å². The minimum absolute atomic E-state index is 0.735. The number of nitrogens with one attached hydrogen (secondary N) is 1. The van der Waals surface area contributed by atoms with Gasteiger partial charge in [-0.1, -0.05) is 4.91 Å². The maximum Gasteiger partial charge on any atom is 0.324 e. The molecule has 0 fully saturated rings. The fraction of sp³-hybridized carbons (Fsp3) is 0.333. The van der Waals surface area contributed by atoms with Gasteiger partial charge in [0.25, 0.3) is 0 Å². The Morgan fingerprint density at radius 1 is 1.70 bits per heavy atom. The lowest BCUT2D eigenvalue weighted by Gasteiger charge is -2.12. The summed E-state index contributed by atoms with van der Waals surface area (Å²) in [5, 5.41) is 3.11. The lowest BCUT2D eigenvalue weighted by Crippen LogP contribution is -2.34. The van der Waals surface area contributed by atoms with E-state index in [0.717, 1.165) is 23.8 Å². The molecule has 2 rings (SSSR count). The summed E-state index contributed by atoms with van der Waals surface area (Å²) in [6.07, 6.45) is 5.15. The quantitative estimate of drug-likeness (QED) is 0.477. The molecule has 0 atom stereocenters. The summed E-state index contributed by atoms with van der Waals surface area (Å²) in [6.45, 7) is 1.52. The predicted molar refractivity (Wildman–Crippen MR) is 35.6 cm³/mol. The van der Waals surface area contributed by atoms with Crippen molar-refractivity contribution in [3.63, 3.8) is 0 Å². The Hall–Kier alpha value is -1.16. The number of rotatable bonds is 0. The molecule has 10 heavy (non-hydrogen) atoms. The van der Waals surface area contributed by atoms with Gasteiger partial charge in [0, 0.05) is 17.4 Å². The first kappa shape index (κ1) is 5.61. The predicted octanol–water partition coefficient (Wildman–Crippen LogP) is -0.0458. The first-order valence-electron chi connectivity index (χ1n) is 3.20. The molecule has 0 aromatic rings. The van der Waals surface area contributed by atoms with E-state index in [2.05, 4.69) is 5.32 Å². The number of nitroso groups, excluding NO2 is 1. The van der Waals surface area contributed by atoms with Crippen LogP contribution in [0.4, 0.5) is 0 Å². The van der Waals surface area contributed by atoms with Crippen LogP contribution in [0.3, 0.4) is 0 Å². The van der Waals surface area contributed by atoms with Crippen LogP contribution >= 0.6 is 0 Å². The van der Waals surface area contributed by atoms with E-state index < -0.39 is 0 Å². The van der Waals surface area contributed by atoms with Crippen LogP contribution in [0.1, 0.15) is 0 Å². The Labute approximate surface area is 58.4 Å². The van der Waals surface area contributed by atoms with Crippen LogP contribution in [0.25, 0.3) is 0 Å². The highest BCUT2D eigenvalue weighted by Gasteiger charge is 2.29. The van der Waals surface area contributed by atoms with Crippen LogP contribution in [0.15, 0.2) is 24.3 Å². The van der Waals surface area contributed by atoms with Crippen LogP contribution in [0.2, 0.25) is 0 Å². The minimum Gasteiger partial charge on any atom is -0.277 e. The number of hydrogen-bond acceptors (Lipinski definition) is 3. The first-order valence-corrected chi connectivity index (χ1v) is 3.20. The topological polar surface area (TPSA) is 35.4 Å². The largest absolute Gasteiger partial charge is 0.324 e. The molecule has 4 heteroatoms. The normalized spacial score (nSPS) is 23.0. The average Bonchev–Trinajstić information content (AvgIpc) is 2.34. The molecule has 0 aliphatic carbocycles. The van der Waals surface area contributed by atoms with Crippen molar-refractivity contribution in [2.24, 2.45) is 0 Å². The van der Waals surface area contributed by atoms with Gasteiger partial charge < -0.3 is 0 Å². The molecule has 0 spiro atoms. The molecular weight excluding hydrogens is 130 g/mol. The second-order valence-corrected chi connectivity index (χ2v) is 2.27. The van der Waals surface area contributed by atoms with Crippen molar-refractivity contribution in [3.05, 3.63) is 29.2 Å². The maximum absolute atomic E-state index is 10.9. The summed E-state index contributed by atoms with van der Waals surface area (Å²) in [4.78, 5) is 12.8. The van der Waals surface area contributed by atoms with E-state index >= 15 is 0 Å². The molecule has 2 aliphatic rings. The van der Waals surface area contributed by atoms with Crippen molar-refractivity contribution >= 4 is 0 Å². The van der Waals surface area contributed by atoms with Crippen LogP contribution in [-0.2, 0) is 0 Å². The fourth-order valence-electron chi connectivity index (χ4n) is 1.11. The Morgan fingerprint density at radius 2 is 2.60 bits per heavy atom. The highest BCUT2D eigenvalue weighted by molar-refractivity contribution is 5.05. The van der Waals surface area contributed by atoms with E-state index in [1.54, 1.807) is 6.20 Å². The highest BCUT2D eigenvalue weighted by Crippen LogP contribution is 2.14. The number of hydrogen-bond donors (Lipinski definition) is 1. The van der Waals surface area contributed by atoms with Gasteiger partial charge in [0.1, 0.15) is 12.9 Å². The van der Waals surface area contributed by atoms with Gasteiger partial charge in [-0.2, -0.15) is 0 Å². The molecule has 52 valence electrons. The zero-order chi connectivity index (χ0) is 6.97. The molecule has 0 aromatic heterocycles. The van der Waals surface area contributed by atoms with Gasteiger partial charge >= 0.3 is 5.82 Å². The van der Waals surface area contributed by atoms with Gasteiger partial charge in [-0.25, -0.2) is 4.90 Å². The maximum atomic E-state index is 10.9. The Bertz CT molecular complexity index is 231. The molecule has 4 nitrogen and oxygen atoms in total. The van der Waals surface area contributed by atoms with Gasteiger partial charge in [0.15, 0.2) is 6.20 Å². The number of fused-ring (bicyclic) bond motifs is 1. The molecule has 2 heterocycles. The lowest BCUT2D eigenvalue weighted by atomic mass is 10.4. The summed E-state index contributed by atoms with van der Waals surface area (Å²) in [5.41, 5.74) is 0. The van der Waals surface area contributed by atoms with E-state index in [-0.39, 0.29) is 0 Å². The van der Waals surface area contributed by atoms with Gasteiger partial charge in [0.2, 0.25) is 0 Å². The zero-order valence-corrected chi connectivity index (χ0v) is 5.45. The van der Waals surface area contributed by atoms with Crippen molar-refractivity contribution in [2.45, 2.75) is 0 Å². The molecule has 0 aromatic carbocycles. The summed E-state index contributed by atoms with van der Waals surface area (Å²) in [6, 6.07) is 0. The summed E-state index contributed by atoms with van der Waals surface area (Å²) < 4.78 is 0.876. The molecule has 0 saturated carbocycles. The van der Waals surface area contributed by atoms with Gasteiger partial charge in [0.05, 0.1) is 0 Å². The zero-order valence-electron chi connectivity index (χ0n) is 5.45. The molecule has 0 saturated heterocycles. The van der Waals surface area contributed by atoms with E-state index in [9.17, 15) is 4.91 Å².